The molecule has 6 heteroatoms. The first-order valence-corrected chi connectivity index (χ1v) is 4.24. The van der Waals surface area contributed by atoms with Gasteiger partial charge in [-0.25, -0.2) is 6.57 Å². The summed E-state index contributed by atoms with van der Waals surface area (Å²) < 4.78 is 37.4. The molecule has 0 saturated heterocycles. The number of nitrogens with one attached hydrogen (secondary N) is 1. The molecule has 0 bridgehead atoms. The van der Waals surface area contributed by atoms with E-state index in [2.05, 4.69) is 4.85 Å². The molecular weight excluding hydrogens is 221 g/mol. The van der Waals surface area contributed by atoms with Gasteiger partial charge in [-0.05, 0) is 12.1 Å². The molecule has 0 aliphatic carbocycles. The molecule has 0 aromatic heterocycles. The summed E-state index contributed by atoms with van der Waals surface area (Å²) in [6.45, 7) is 5.92. The summed E-state index contributed by atoms with van der Waals surface area (Å²) in [4.78, 5) is 13.8. The van der Waals surface area contributed by atoms with Crippen LogP contribution in [0.5, 0.6) is 0 Å². The molecule has 16 heavy (non-hydrogen) atoms. The Morgan fingerprint density at radius 1 is 1.38 bits per heavy atom. The van der Waals surface area contributed by atoms with Gasteiger partial charge >= 0.3 is 12.1 Å². The van der Waals surface area contributed by atoms with Crippen molar-refractivity contribution in [2.45, 2.75) is 6.18 Å². The standard InChI is InChI=1S/C10H7F3N2O/c1-14-6-9(16)15-8-5-3-2-4-7(8)10(11,12)13/h2-5H,6H2,(H,15,16). The van der Waals surface area contributed by atoms with Crippen LogP contribution in [0.15, 0.2) is 24.3 Å². The number of hydrogen-bond acceptors (Lipinski definition) is 1. The second kappa shape index (κ2) is 4.66. The molecule has 0 unspecified atom stereocenters. The molecule has 1 amide bonds. The van der Waals surface area contributed by atoms with Crippen molar-refractivity contribution in [1.29, 1.82) is 0 Å². The highest BCUT2D eigenvalue weighted by Gasteiger charge is 2.33. The lowest BCUT2D eigenvalue weighted by Crippen LogP contribution is -2.17. The van der Waals surface area contributed by atoms with Crippen LogP contribution in [0, 0.1) is 6.57 Å². The first kappa shape index (κ1) is 12.0. The number of anilines is 1. The van der Waals surface area contributed by atoms with E-state index in [1.165, 1.54) is 12.1 Å². The van der Waals surface area contributed by atoms with Gasteiger partial charge in [-0.15, -0.1) is 0 Å². The topological polar surface area (TPSA) is 33.5 Å². The summed E-state index contributed by atoms with van der Waals surface area (Å²) in [6, 6.07) is 4.62. The quantitative estimate of drug-likeness (QED) is 0.775. The molecule has 1 N–H and O–H groups in total. The third-order valence-electron chi connectivity index (χ3n) is 1.73. The molecule has 1 rings (SSSR count). The Kier molecular flexibility index (Phi) is 3.51. The van der Waals surface area contributed by atoms with Crippen LogP contribution >= 0.6 is 0 Å². The SMILES string of the molecule is [C-]#[N+]CC(=O)Nc1ccccc1C(F)(F)F. The molecule has 0 heterocycles. The molecule has 0 radical (unpaired) electrons. The minimum absolute atomic E-state index is 0.330. The highest BCUT2D eigenvalue weighted by atomic mass is 19.4. The molecule has 84 valence electrons. The number of benzene rings is 1. The van der Waals surface area contributed by atoms with E-state index in [1.54, 1.807) is 0 Å². The minimum atomic E-state index is -4.53. The van der Waals surface area contributed by atoms with Gasteiger partial charge in [-0.1, -0.05) is 12.1 Å². The van der Waals surface area contributed by atoms with Crippen molar-refractivity contribution < 1.29 is 18.0 Å². The van der Waals surface area contributed by atoms with Gasteiger partial charge in [0.1, 0.15) is 0 Å². The van der Waals surface area contributed by atoms with Crippen molar-refractivity contribution in [2.24, 2.45) is 0 Å². The van der Waals surface area contributed by atoms with Crippen molar-refractivity contribution >= 4 is 11.6 Å². The molecule has 1 aromatic rings. The van der Waals surface area contributed by atoms with Crippen molar-refractivity contribution in [3.8, 4) is 0 Å². The molecule has 0 aliphatic rings. The van der Waals surface area contributed by atoms with Crippen LogP contribution in [0.1, 0.15) is 5.56 Å². The number of rotatable bonds is 2. The Hall–Kier alpha value is -2.03. The maximum Gasteiger partial charge on any atom is 0.418 e. The highest BCUT2D eigenvalue weighted by Crippen LogP contribution is 2.34. The molecule has 0 atom stereocenters. The lowest BCUT2D eigenvalue weighted by Gasteiger charge is -2.11. The summed E-state index contributed by atoms with van der Waals surface area (Å²) >= 11 is 0. The van der Waals surface area contributed by atoms with Crippen LogP contribution < -0.4 is 5.32 Å². The molecular formula is C10H7F3N2O. The van der Waals surface area contributed by atoms with E-state index >= 15 is 0 Å². The number of halogens is 3. The summed E-state index contributed by atoms with van der Waals surface area (Å²) in [5, 5.41) is 2.05. The zero-order chi connectivity index (χ0) is 12.2. The van der Waals surface area contributed by atoms with Gasteiger partial charge in [0.05, 0.1) is 11.3 Å². The monoisotopic (exact) mass is 228 g/mol. The van der Waals surface area contributed by atoms with Crippen LogP contribution in [-0.2, 0) is 11.0 Å². The molecule has 0 fully saturated rings. The average molecular weight is 228 g/mol. The number of amides is 1. The summed E-state index contributed by atoms with van der Waals surface area (Å²) in [7, 11) is 0. The Morgan fingerprint density at radius 3 is 2.56 bits per heavy atom. The number of para-hydroxylation sites is 1. The molecule has 1 aromatic carbocycles. The number of carbonyl (C=O) groups excluding carboxylic acids is 1. The predicted octanol–water partition coefficient (Wildman–Crippen LogP) is 2.56. The van der Waals surface area contributed by atoms with Gasteiger partial charge in [0.2, 0.25) is 0 Å². The molecule has 0 spiro atoms. The Balaban J connectivity index is 2.97. The fourth-order valence-corrected chi connectivity index (χ4v) is 1.10. The Labute approximate surface area is 89.7 Å². The Bertz CT molecular complexity index is 434. The maximum absolute atomic E-state index is 12.5. The second-order valence-electron chi connectivity index (χ2n) is 2.91. The summed E-state index contributed by atoms with van der Waals surface area (Å²) in [6.07, 6.45) is -4.53. The lowest BCUT2D eigenvalue weighted by molar-refractivity contribution is -0.137. The van der Waals surface area contributed by atoms with Crippen LogP contribution in [0.2, 0.25) is 0 Å². The third kappa shape index (κ3) is 2.98. The van der Waals surface area contributed by atoms with Gasteiger partial charge in [0.25, 0.3) is 6.54 Å². The van der Waals surface area contributed by atoms with Gasteiger partial charge in [-0.3, -0.25) is 4.79 Å². The van der Waals surface area contributed by atoms with Crippen molar-refractivity contribution in [3.63, 3.8) is 0 Å². The van der Waals surface area contributed by atoms with Crippen molar-refractivity contribution in [3.05, 3.63) is 41.2 Å². The van der Waals surface area contributed by atoms with Crippen molar-refractivity contribution in [1.82, 2.24) is 0 Å². The number of carbonyl (C=O) groups is 1. The van der Waals surface area contributed by atoms with E-state index in [0.29, 0.717) is 0 Å². The second-order valence-corrected chi connectivity index (χ2v) is 2.91. The molecule has 0 aliphatic heterocycles. The average Bonchev–Trinajstić information content (AvgIpc) is 2.17. The first-order valence-electron chi connectivity index (χ1n) is 4.24. The van der Waals surface area contributed by atoms with Crippen LogP contribution in [0.25, 0.3) is 4.85 Å². The normalized spacial score (nSPS) is 10.6. The minimum Gasteiger partial charge on any atom is -0.319 e. The van der Waals surface area contributed by atoms with Crippen molar-refractivity contribution in [2.75, 3.05) is 11.9 Å². The maximum atomic E-state index is 12.5. The van der Waals surface area contributed by atoms with Crippen LogP contribution in [0.4, 0.5) is 18.9 Å². The van der Waals surface area contributed by atoms with Crippen LogP contribution in [-0.4, -0.2) is 12.5 Å². The Morgan fingerprint density at radius 2 is 2.00 bits per heavy atom. The third-order valence-corrected chi connectivity index (χ3v) is 1.73. The zero-order valence-corrected chi connectivity index (χ0v) is 8.01. The molecule has 0 saturated carbocycles. The number of alkyl halides is 3. The van der Waals surface area contributed by atoms with E-state index in [9.17, 15) is 18.0 Å². The van der Waals surface area contributed by atoms with Gasteiger partial charge in [0, 0.05) is 0 Å². The lowest BCUT2D eigenvalue weighted by atomic mass is 10.1. The van der Waals surface area contributed by atoms with E-state index in [4.69, 9.17) is 6.57 Å². The van der Waals surface area contributed by atoms with Gasteiger partial charge in [-0.2, -0.15) is 13.2 Å². The number of nitrogens with zero attached hydrogens (tertiary/aromatic N) is 1. The van der Waals surface area contributed by atoms with E-state index < -0.39 is 24.2 Å². The largest absolute Gasteiger partial charge is 0.418 e. The van der Waals surface area contributed by atoms with E-state index in [0.717, 1.165) is 12.1 Å². The summed E-state index contributed by atoms with van der Waals surface area (Å²) in [5.74, 6) is -0.758. The van der Waals surface area contributed by atoms with Gasteiger partial charge < -0.3 is 10.2 Å². The zero-order valence-electron chi connectivity index (χ0n) is 8.01. The fourth-order valence-electron chi connectivity index (χ4n) is 1.10. The van der Waals surface area contributed by atoms with Crippen LogP contribution in [0.3, 0.4) is 0 Å². The summed E-state index contributed by atoms with van der Waals surface area (Å²) in [5.41, 5.74) is -1.25. The first-order chi connectivity index (χ1) is 7.45. The smallest absolute Gasteiger partial charge is 0.319 e. The predicted molar refractivity (Wildman–Crippen MR) is 51.5 cm³/mol. The highest BCUT2D eigenvalue weighted by molar-refractivity contribution is 5.93. The van der Waals surface area contributed by atoms with Gasteiger partial charge in [0.15, 0.2) is 0 Å². The number of hydrogen-bond donors (Lipinski definition) is 1. The van der Waals surface area contributed by atoms with E-state index in [1.807, 2.05) is 5.32 Å². The van der Waals surface area contributed by atoms with E-state index in [-0.39, 0.29) is 5.69 Å². The molecule has 3 nitrogen and oxygen atoms in total. The fraction of sp³-hybridized carbons (Fsp3) is 0.200.